The molecule has 1 atom stereocenters. The molecule has 0 spiro atoms. The van der Waals surface area contributed by atoms with Gasteiger partial charge in [-0.2, -0.15) is 4.98 Å². The van der Waals surface area contributed by atoms with Crippen LogP contribution >= 0.6 is 0 Å². The Bertz CT molecular complexity index is 1180. The number of aliphatic hydroxyl groups is 1. The Morgan fingerprint density at radius 1 is 1.09 bits per heavy atom. The van der Waals surface area contributed by atoms with Crippen LogP contribution in [0.25, 0.3) is 11.2 Å². The average molecular weight is 446 g/mol. The lowest BCUT2D eigenvalue weighted by Gasteiger charge is -2.16. The van der Waals surface area contributed by atoms with E-state index in [0.717, 1.165) is 11.0 Å². The van der Waals surface area contributed by atoms with Crippen LogP contribution in [-0.4, -0.2) is 50.2 Å². The van der Waals surface area contributed by atoms with Crippen LogP contribution < -0.4 is 26.0 Å². The second-order valence-electron chi connectivity index (χ2n) is 8.17. The maximum atomic E-state index is 12.9. The fourth-order valence-electron chi connectivity index (χ4n) is 3.36. The third-order valence-electron chi connectivity index (χ3n) is 5.25. The van der Waals surface area contributed by atoms with Crippen LogP contribution in [0.15, 0.2) is 33.9 Å². The van der Waals surface area contributed by atoms with Gasteiger partial charge < -0.3 is 24.5 Å². The predicted molar refractivity (Wildman–Crippen MR) is 123 cm³/mol. The van der Waals surface area contributed by atoms with Gasteiger partial charge in [-0.05, 0) is 36.6 Å². The van der Waals surface area contributed by atoms with Crippen LogP contribution in [-0.2, 0) is 20.6 Å². The molecule has 174 valence electrons. The summed E-state index contributed by atoms with van der Waals surface area (Å²) in [5.74, 6) is 2.22. The van der Waals surface area contributed by atoms with Gasteiger partial charge in [0.15, 0.2) is 11.2 Å². The maximum Gasteiger partial charge on any atom is 0.332 e. The number of anilines is 1. The van der Waals surface area contributed by atoms with Crippen molar-refractivity contribution in [2.75, 3.05) is 25.6 Å². The van der Waals surface area contributed by atoms with Gasteiger partial charge in [0.1, 0.15) is 24.2 Å². The minimum Gasteiger partial charge on any atom is -0.497 e. The van der Waals surface area contributed by atoms with Crippen molar-refractivity contribution in [2.24, 2.45) is 20.0 Å². The molecule has 0 aliphatic rings. The second kappa shape index (κ2) is 9.90. The number of aromatic nitrogens is 4. The first-order valence-corrected chi connectivity index (χ1v) is 10.6. The Kier molecular flexibility index (Phi) is 7.24. The lowest BCUT2D eigenvalue weighted by Crippen LogP contribution is -2.38. The van der Waals surface area contributed by atoms with Gasteiger partial charge in [0, 0.05) is 20.6 Å². The summed E-state index contributed by atoms with van der Waals surface area (Å²) in [4.78, 5) is 29.7. The van der Waals surface area contributed by atoms with Crippen LogP contribution in [0.1, 0.15) is 20.3 Å². The van der Waals surface area contributed by atoms with E-state index < -0.39 is 17.4 Å². The summed E-state index contributed by atoms with van der Waals surface area (Å²) in [5, 5.41) is 13.9. The van der Waals surface area contributed by atoms with Gasteiger partial charge in [-0.1, -0.05) is 13.8 Å². The molecular formula is C22H31N5O5. The summed E-state index contributed by atoms with van der Waals surface area (Å²) in [5.41, 5.74) is -0.390. The van der Waals surface area contributed by atoms with Crippen molar-refractivity contribution in [2.45, 2.75) is 32.9 Å². The molecule has 0 saturated carbocycles. The highest BCUT2D eigenvalue weighted by atomic mass is 16.5. The molecule has 1 unspecified atom stereocenters. The first kappa shape index (κ1) is 23.4. The zero-order valence-electron chi connectivity index (χ0n) is 19.2. The second-order valence-corrected chi connectivity index (χ2v) is 8.17. The Morgan fingerprint density at radius 2 is 1.75 bits per heavy atom. The molecule has 1 aromatic carbocycles. The van der Waals surface area contributed by atoms with E-state index in [4.69, 9.17) is 9.47 Å². The summed E-state index contributed by atoms with van der Waals surface area (Å²) in [6, 6.07) is 7.04. The van der Waals surface area contributed by atoms with Gasteiger partial charge in [-0.3, -0.25) is 13.9 Å². The molecule has 0 fully saturated rings. The molecular weight excluding hydrogens is 414 g/mol. The van der Waals surface area contributed by atoms with Gasteiger partial charge >= 0.3 is 5.69 Å². The summed E-state index contributed by atoms with van der Waals surface area (Å²) in [7, 11) is 4.58. The van der Waals surface area contributed by atoms with Crippen LogP contribution in [0.3, 0.4) is 0 Å². The highest BCUT2D eigenvalue weighted by molar-refractivity contribution is 5.74. The van der Waals surface area contributed by atoms with Crippen LogP contribution in [0, 0.1) is 5.92 Å². The van der Waals surface area contributed by atoms with Gasteiger partial charge in [0.05, 0.1) is 13.7 Å². The van der Waals surface area contributed by atoms with E-state index >= 15 is 0 Å². The number of methoxy groups -OCH3 is 1. The maximum absolute atomic E-state index is 12.9. The third-order valence-corrected chi connectivity index (χ3v) is 5.25. The average Bonchev–Trinajstić information content (AvgIpc) is 3.13. The fraction of sp³-hybridized carbons (Fsp3) is 0.500. The quantitative estimate of drug-likeness (QED) is 0.484. The van der Waals surface area contributed by atoms with Crippen LogP contribution in [0.4, 0.5) is 5.95 Å². The Balaban J connectivity index is 1.88. The number of fused-ring (bicyclic) bond motifs is 1. The molecule has 0 bridgehead atoms. The SMILES string of the molecule is COc1ccc(OCC(O)Cn2c(NCCC(C)C)nc3c2c(=O)n(C)c(=O)n3C)cc1. The van der Waals surface area contributed by atoms with E-state index in [-0.39, 0.29) is 24.3 Å². The van der Waals surface area contributed by atoms with Gasteiger partial charge in [-0.25, -0.2) is 4.79 Å². The number of hydrogen-bond donors (Lipinski definition) is 2. The highest BCUT2D eigenvalue weighted by Crippen LogP contribution is 2.19. The molecule has 0 aliphatic heterocycles. The molecule has 0 aliphatic carbocycles. The summed E-state index contributed by atoms with van der Waals surface area (Å²) in [6.07, 6.45) is -0.00870. The number of rotatable bonds is 10. The van der Waals surface area contributed by atoms with Crippen molar-refractivity contribution >= 4 is 17.1 Å². The molecule has 2 heterocycles. The molecule has 32 heavy (non-hydrogen) atoms. The number of nitrogens with zero attached hydrogens (tertiary/aromatic N) is 4. The van der Waals surface area contributed by atoms with E-state index in [0.29, 0.717) is 29.9 Å². The van der Waals surface area contributed by atoms with Crippen LogP contribution in [0.5, 0.6) is 11.5 Å². The van der Waals surface area contributed by atoms with E-state index in [2.05, 4.69) is 24.1 Å². The Hall–Kier alpha value is -3.27. The van der Waals surface area contributed by atoms with E-state index in [1.165, 1.54) is 11.6 Å². The number of nitrogens with one attached hydrogen (secondary N) is 1. The van der Waals surface area contributed by atoms with Gasteiger partial charge in [0.2, 0.25) is 5.95 Å². The lowest BCUT2D eigenvalue weighted by atomic mass is 10.1. The van der Waals surface area contributed by atoms with Crippen molar-refractivity contribution in [3.63, 3.8) is 0 Å². The molecule has 3 rings (SSSR count). The molecule has 2 aromatic heterocycles. The molecule has 2 N–H and O–H groups in total. The largest absolute Gasteiger partial charge is 0.497 e. The first-order chi connectivity index (χ1) is 15.2. The number of aliphatic hydroxyl groups excluding tert-OH is 1. The monoisotopic (exact) mass is 445 g/mol. The Labute approximate surface area is 186 Å². The summed E-state index contributed by atoms with van der Waals surface area (Å²) < 4.78 is 14.8. The minimum atomic E-state index is -0.915. The zero-order valence-corrected chi connectivity index (χ0v) is 19.2. The van der Waals surface area contributed by atoms with Crippen molar-refractivity contribution in [1.29, 1.82) is 0 Å². The predicted octanol–water partition coefficient (Wildman–Crippen LogP) is 1.34. The smallest absolute Gasteiger partial charge is 0.332 e. The highest BCUT2D eigenvalue weighted by Gasteiger charge is 2.21. The molecule has 10 nitrogen and oxygen atoms in total. The van der Waals surface area contributed by atoms with Gasteiger partial charge in [0.25, 0.3) is 5.56 Å². The summed E-state index contributed by atoms with van der Waals surface area (Å²) in [6.45, 7) is 4.97. The molecule has 3 aromatic rings. The van der Waals surface area contributed by atoms with Gasteiger partial charge in [-0.15, -0.1) is 0 Å². The zero-order chi connectivity index (χ0) is 23.4. The molecule has 10 heteroatoms. The van der Waals surface area contributed by atoms with Crippen molar-refractivity contribution in [1.82, 2.24) is 18.7 Å². The van der Waals surface area contributed by atoms with E-state index in [1.54, 1.807) is 43.0 Å². The number of imidazole rings is 1. The topological polar surface area (TPSA) is 113 Å². The van der Waals surface area contributed by atoms with Crippen molar-refractivity contribution in [3.05, 3.63) is 45.1 Å². The number of benzene rings is 1. The number of ether oxygens (including phenoxy) is 2. The van der Waals surface area contributed by atoms with Crippen molar-refractivity contribution in [3.8, 4) is 11.5 Å². The van der Waals surface area contributed by atoms with Crippen LogP contribution in [0.2, 0.25) is 0 Å². The van der Waals surface area contributed by atoms with Crippen molar-refractivity contribution < 1.29 is 14.6 Å². The third kappa shape index (κ3) is 4.96. The molecule has 0 amide bonds. The molecule has 0 radical (unpaired) electrons. The van der Waals surface area contributed by atoms with E-state index in [9.17, 15) is 14.7 Å². The first-order valence-electron chi connectivity index (χ1n) is 10.6. The molecule has 0 saturated heterocycles. The lowest BCUT2D eigenvalue weighted by molar-refractivity contribution is 0.0938. The summed E-state index contributed by atoms with van der Waals surface area (Å²) >= 11 is 0. The number of aryl methyl sites for hydroxylation is 1. The van der Waals surface area contributed by atoms with E-state index in [1.807, 2.05) is 0 Å². The Morgan fingerprint density at radius 3 is 2.38 bits per heavy atom. The number of hydrogen-bond acceptors (Lipinski definition) is 7. The fourth-order valence-corrected chi connectivity index (χ4v) is 3.36. The standard InChI is InChI=1S/C22H31N5O5/c1-14(2)10-11-23-21-24-19-18(20(29)26(4)22(30)25(19)3)27(21)12-15(28)13-32-17-8-6-16(31-5)7-9-17/h6-9,14-15,28H,10-13H2,1-5H3,(H,23,24). The normalized spacial score (nSPS) is 12.3. The minimum absolute atomic E-state index is 0.0174.